The van der Waals surface area contributed by atoms with Crippen LogP contribution in [0.15, 0.2) is 17.6 Å². The summed E-state index contributed by atoms with van der Waals surface area (Å²) >= 11 is 0. The van der Waals surface area contributed by atoms with Crippen molar-refractivity contribution >= 4 is 23.2 Å². The van der Waals surface area contributed by atoms with E-state index in [9.17, 15) is 37.9 Å². The zero-order valence-electron chi connectivity index (χ0n) is 14.2. The molecule has 0 radical (unpaired) electrons. The van der Waals surface area contributed by atoms with Crippen molar-refractivity contribution < 1.29 is 50.9 Å². The summed E-state index contributed by atoms with van der Waals surface area (Å²) in [5.41, 5.74) is -0.930. The second-order valence-corrected chi connectivity index (χ2v) is 11.1. The van der Waals surface area contributed by atoms with Crippen LogP contribution in [-0.4, -0.2) is 46.2 Å². The molecule has 3 unspecified atom stereocenters. The Bertz CT molecular complexity index is 684. The number of phosphoric acid groups is 1. The van der Waals surface area contributed by atoms with Gasteiger partial charge in [-0.25, -0.2) is 17.8 Å². The van der Waals surface area contributed by atoms with Gasteiger partial charge in [0.15, 0.2) is 0 Å². The molecular formula is C11H21FNO11P3. The maximum Gasteiger partial charge on any atom is 0.498 e. The molecule has 1 aliphatic carbocycles. The van der Waals surface area contributed by atoms with Gasteiger partial charge >= 0.3 is 23.2 Å². The van der Waals surface area contributed by atoms with Gasteiger partial charge in [-0.05, 0) is 12.8 Å². The van der Waals surface area contributed by atoms with Crippen LogP contribution in [0.5, 0.6) is 0 Å². The molecule has 1 aliphatic rings. The van der Waals surface area contributed by atoms with E-state index in [1.165, 1.54) is 0 Å². The molecule has 1 rings (SSSR count). The number of alkyl halides is 1. The van der Waals surface area contributed by atoms with Gasteiger partial charge in [0.2, 0.25) is 0 Å². The summed E-state index contributed by atoms with van der Waals surface area (Å²) in [6, 6.07) is 0. The van der Waals surface area contributed by atoms with Crippen LogP contribution in [0.25, 0.3) is 0 Å². The molecule has 158 valence electrons. The highest BCUT2D eigenvalue weighted by molar-refractivity contribution is 7.69. The standard InChI is InChI=1S/C11H21FNO11P3/c1-3-10(14)11(12,21-2)8-22-26(18,13-15)24-27(19,20)23-25(16,17)9-6-4-5-7-9/h3,9-10,14H,1,4-8H2,2H3,(H,16,17)(H,19,20)/t10-,11+,26?/m0/s1. The topological polar surface area (TPSA) is 178 Å². The summed E-state index contributed by atoms with van der Waals surface area (Å²) < 4.78 is 67.1. The van der Waals surface area contributed by atoms with Crippen LogP contribution >= 0.6 is 23.2 Å². The van der Waals surface area contributed by atoms with Gasteiger partial charge in [0, 0.05) is 12.1 Å². The number of nitroso groups, excluding NO2 is 1. The molecule has 27 heavy (non-hydrogen) atoms. The molecule has 16 heteroatoms. The molecule has 0 aromatic heterocycles. The Morgan fingerprint density at radius 3 is 2.30 bits per heavy atom. The number of hydrogen-bond acceptors (Lipinski definition) is 9. The minimum atomic E-state index is -5.57. The van der Waals surface area contributed by atoms with Crippen molar-refractivity contribution in [1.29, 1.82) is 0 Å². The maximum absolute atomic E-state index is 14.3. The lowest BCUT2D eigenvalue weighted by molar-refractivity contribution is -0.194. The average molecular weight is 455 g/mol. The first-order chi connectivity index (χ1) is 12.3. The molecule has 0 saturated heterocycles. The fourth-order valence-corrected chi connectivity index (χ4v) is 7.12. The van der Waals surface area contributed by atoms with E-state index in [-0.39, 0.29) is 12.8 Å². The summed E-state index contributed by atoms with van der Waals surface area (Å²) in [4.78, 5) is 32.0. The summed E-state index contributed by atoms with van der Waals surface area (Å²) in [6.07, 6.45) is 0.440. The van der Waals surface area contributed by atoms with Crippen LogP contribution in [0.2, 0.25) is 0 Å². The average Bonchev–Trinajstić information content (AvgIpc) is 3.13. The van der Waals surface area contributed by atoms with Crippen molar-refractivity contribution in [3.05, 3.63) is 17.6 Å². The van der Waals surface area contributed by atoms with Crippen LogP contribution in [0.1, 0.15) is 25.7 Å². The van der Waals surface area contributed by atoms with Crippen molar-refractivity contribution in [2.24, 2.45) is 4.95 Å². The second kappa shape index (κ2) is 9.45. The molecule has 0 aliphatic heterocycles. The fourth-order valence-electron chi connectivity index (χ4n) is 2.26. The lowest BCUT2D eigenvalue weighted by Crippen LogP contribution is -2.42. The van der Waals surface area contributed by atoms with Gasteiger partial charge in [0.25, 0.3) is 5.85 Å². The molecule has 1 fully saturated rings. The van der Waals surface area contributed by atoms with Crippen molar-refractivity contribution in [3.8, 4) is 0 Å². The summed E-state index contributed by atoms with van der Waals surface area (Å²) in [5, 5.41) is 9.42. The third-order valence-corrected chi connectivity index (χ3v) is 9.25. The Morgan fingerprint density at radius 2 is 1.85 bits per heavy atom. The minimum Gasteiger partial charge on any atom is -0.383 e. The summed E-state index contributed by atoms with van der Waals surface area (Å²) in [7, 11) is -14.8. The first-order valence-electron chi connectivity index (χ1n) is 7.55. The van der Waals surface area contributed by atoms with Crippen molar-refractivity contribution in [2.45, 2.75) is 43.3 Å². The molecule has 1 saturated carbocycles. The van der Waals surface area contributed by atoms with Crippen LogP contribution in [0.3, 0.4) is 0 Å². The van der Waals surface area contributed by atoms with E-state index in [4.69, 9.17) is 0 Å². The highest BCUT2D eigenvalue weighted by Crippen LogP contribution is 2.71. The van der Waals surface area contributed by atoms with Crippen LogP contribution in [0.4, 0.5) is 4.39 Å². The number of methoxy groups -OCH3 is 1. The van der Waals surface area contributed by atoms with Gasteiger partial charge in [0.05, 0.1) is 5.66 Å². The number of nitrogens with zero attached hydrogens (tertiary/aromatic N) is 1. The van der Waals surface area contributed by atoms with Gasteiger partial charge in [0.1, 0.15) is 12.7 Å². The SMILES string of the molecule is C=C[C@H](O)[C@@](F)(COP(=O)(N=O)OP(=O)(O)OP(=O)(O)C1CCCC1)OC. The van der Waals surface area contributed by atoms with Crippen molar-refractivity contribution in [3.63, 3.8) is 0 Å². The van der Waals surface area contributed by atoms with Gasteiger partial charge in [-0.2, -0.15) is 4.31 Å². The van der Waals surface area contributed by atoms with Crippen LogP contribution < -0.4 is 0 Å². The monoisotopic (exact) mass is 455 g/mol. The summed E-state index contributed by atoms with van der Waals surface area (Å²) in [5.74, 6) is -3.04. The van der Waals surface area contributed by atoms with Crippen LogP contribution in [0, 0.1) is 4.91 Å². The number of aliphatic hydroxyl groups is 1. The molecule has 0 amide bonds. The predicted molar refractivity (Wildman–Crippen MR) is 90.5 cm³/mol. The van der Waals surface area contributed by atoms with E-state index in [1.807, 2.05) is 4.95 Å². The minimum absolute atomic E-state index is 0.255. The zero-order valence-corrected chi connectivity index (χ0v) is 16.9. The molecule has 0 aromatic carbocycles. The first-order valence-corrected chi connectivity index (χ1v) is 12.2. The Morgan fingerprint density at radius 1 is 1.30 bits per heavy atom. The van der Waals surface area contributed by atoms with E-state index in [2.05, 4.69) is 24.5 Å². The predicted octanol–water partition coefficient (Wildman–Crippen LogP) is 3.00. The first kappa shape index (κ1) is 24.7. The van der Waals surface area contributed by atoms with Gasteiger partial charge in [-0.3, -0.25) is 9.09 Å². The highest BCUT2D eigenvalue weighted by Gasteiger charge is 2.48. The van der Waals surface area contributed by atoms with Gasteiger partial charge in [-0.15, -0.1) is 11.5 Å². The normalized spacial score (nSPS) is 25.5. The largest absolute Gasteiger partial charge is 0.498 e. The molecule has 12 nitrogen and oxygen atoms in total. The molecule has 0 heterocycles. The third kappa shape index (κ3) is 6.90. The smallest absolute Gasteiger partial charge is 0.383 e. The Hall–Kier alpha value is -0.320. The van der Waals surface area contributed by atoms with E-state index in [0.29, 0.717) is 18.9 Å². The summed E-state index contributed by atoms with van der Waals surface area (Å²) in [6.45, 7) is 1.68. The fraction of sp³-hybridized carbons (Fsp3) is 0.818. The number of rotatable bonds is 12. The van der Waals surface area contributed by atoms with Gasteiger partial charge < -0.3 is 19.6 Å². The van der Waals surface area contributed by atoms with Gasteiger partial charge in [-0.1, -0.05) is 18.9 Å². The zero-order chi connectivity index (χ0) is 20.9. The van der Waals surface area contributed by atoms with E-state index < -0.39 is 47.4 Å². The van der Waals surface area contributed by atoms with Crippen LogP contribution in [-0.2, 0) is 31.6 Å². The number of halogens is 1. The molecule has 0 bridgehead atoms. The molecule has 3 N–H and O–H groups in total. The quantitative estimate of drug-likeness (QED) is 0.224. The Kier molecular flexibility index (Phi) is 8.65. The third-order valence-electron chi connectivity index (χ3n) is 3.74. The molecular weight excluding hydrogens is 434 g/mol. The molecule has 0 aromatic rings. The number of aliphatic hydroxyl groups excluding tert-OH is 1. The highest BCUT2D eigenvalue weighted by atomic mass is 31.3. The number of ether oxygens (including phenoxy) is 1. The Balaban J connectivity index is 2.85. The van der Waals surface area contributed by atoms with E-state index in [1.54, 1.807) is 0 Å². The molecule has 5 atom stereocenters. The van der Waals surface area contributed by atoms with E-state index in [0.717, 1.165) is 7.11 Å². The van der Waals surface area contributed by atoms with Crippen molar-refractivity contribution in [1.82, 2.24) is 0 Å². The maximum atomic E-state index is 14.3. The lowest BCUT2D eigenvalue weighted by Gasteiger charge is -2.27. The lowest BCUT2D eigenvalue weighted by atomic mass is 10.2. The van der Waals surface area contributed by atoms with Crippen molar-refractivity contribution in [2.75, 3.05) is 13.7 Å². The molecule has 0 spiro atoms. The Labute approximate surface area is 154 Å². The second-order valence-electron chi connectivity index (χ2n) is 5.63. The number of hydrogen-bond donors (Lipinski definition) is 3. The van der Waals surface area contributed by atoms with E-state index >= 15 is 0 Å².